The van der Waals surface area contributed by atoms with Crippen molar-refractivity contribution in [2.75, 3.05) is 6.67 Å². The minimum Gasteiger partial charge on any atom is -0.311 e. The van der Waals surface area contributed by atoms with Crippen LogP contribution in [0.4, 0.5) is 13.2 Å². The monoisotopic (exact) mass is 393 g/mol. The quantitative estimate of drug-likeness (QED) is 0.447. The number of alkyl halides is 3. The van der Waals surface area contributed by atoms with Crippen LogP contribution in [-0.4, -0.2) is 31.0 Å². The number of carbonyl (C=O) groups excluding carboxylic acids is 1. The fourth-order valence-electron chi connectivity index (χ4n) is 3.97. The minimum absolute atomic E-state index is 0.00296. The van der Waals surface area contributed by atoms with Gasteiger partial charge in [0, 0.05) is 29.1 Å². The molecule has 2 nitrogen and oxygen atoms in total. The fourth-order valence-corrected chi connectivity index (χ4v) is 3.97. The molecule has 1 fully saturated rings. The van der Waals surface area contributed by atoms with Crippen molar-refractivity contribution in [3.05, 3.63) is 34.4 Å². The molecule has 2 rings (SSSR count). The summed E-state index contributed by atoms with van der Waals surface area (Å²) in [4.78, 5) is 11.1. The van der Waals surface area contributed by atoms with Crippen molar-refractivity contribution < 1.29 is 18.0 Å². The van der Waals surface area contributed by atoms with E-state index >= 15 is 0 Å². The van der Waals surface area contributed by atoms with Crippen molar-refractivity contribution in [2.45, 2.75) is 76.8 Å². The van der Waals surface area contributed by atoms with Gasteiger partial charge in [-0.2, -0.15) is 8.78 Å². The third-order valence-electron chi connectivity index (χ3n) is 5.80. The minimum atomic E-state index is -3.62. The number of allylic oxidation sites excluding steroid dienone is 5. The molecule has 0 aromatic heterocycles. The summed E-state index contributed by atoms with van der Waals surface area (Å²) in [6.07, 6.45) is 15.0. The summed E-state index contributed by atoms with van der Waals surface area (Å²) in [5.74, 6) is -0.385. The lowest BCUT2D eigenvalue weighted by Gasteiger charge is -2.29. The van der Waals surface area contributed by atoms with Crippen molar-refractivity contribution >= 4 is 6.29 Å². The molecule has 0 saturated heterocycles. The molecule has 0 radical (unpaired) electrons. The molecule has 5 heteroatoms. The Morgan fingerprint density at radius 2 is 2.04 bits per heavy atom. The van der Waals surface area contributed by atoms with E-state index < -0.39 is 18.2 Å². The van der Waals surface area contributed by atoms with Crippen LogP contribution in [0.1, 0.15) is 58.8 Å². The summed E-state index contributed by atoms with van der Waals surface area (Å²) in [5, 5.41) is 3.62. The van der Waals surface area contributed by atoms with Crippen LogP contribution in [-0.2, 0) is 4.79 Å². The molecule has 1 atom stereocenters. The number of carbonyl (C=O) groups is 1. The number of terminal acetylenes is 1. The van der Waals surface area contributed by atoms with Crippen LogP contribution in [0.15, 0.2) is 34.4 Å². The molecular formula is C23H30F3NO. The normalized spacial score (nSPS) is 25.1. The Morgan fingerprint density at radius 1 is 1.36 bits per heavy atom. The third kappa shape index (κ3) is 5.85. The third-order valence-corrected chi connectivity index (χ3v) is 5.80. The summed E-state index contributed by atoms with van der Waals surface area (Å²) >= 11 is 0. The zero-order valence-electron chi connectivity index (χ0n) is 16.7. The Bertz CT molecular complexity index is 691. The molecule has 0 bridgehead atoms. The second-order valence-corrected chi connectivity index (χ2v) is 7.97. The lowest BCUT2D eigenvalue weighted by molar-refractivity contribution is -0.105. The molecule has 28 heavy (non-hydrogen) atoms. The van der Waals surface area contributed by atoms with Crippen LogP contribution in [0.2, 0.25) is 0 Å². The highest BCUT2D eigenvalue weighted by atomic mass is 19.3. The van der Waals surface area contributed by atoms with Gasteiger partial charge >= 0.3 is 5.92 Å². The van der Waals surface area contributed by atoms with E-state index in [4.69, 9.17) is 6.42 Å². The van der Waals surface area contributed by atoms with Crippen LogP contribution in [0.5, 0.6) is 0 Å². The van der Waals surface area contributed by atoms with Crippen LogP contribution >= 0.6 is 0 Å². The van der Waals surface area contributed by atoms with Gasteiger partial charge in [-0.25, -0.2) is 4.39 Å². The highest BCUT2D eigenvalue weighted by Gasteiger charge is 2.37. The van der Waals surface area contributed by atoms with E-state index in [1.165, 1.54) is 6.08 Å². The first-order valence-electron chi connectivity index (χ1n) is 10.0. The average molecular weight is 393 g/mol. The second-order valence-electron chi connectivity index (χ2n) is 7.97. The van der Waals surface area contributed by atoms with Gasteiger partial charge in [0.05, 0.1) is 0 Å². The molecule has 0 aromatic carbocycles. The number of hydrogen-bond acceptors (Lipinski definition) is 2. The number of hydrogen-bond donors (Lipinski definition) is 1. The molecule has 2 aliphatic rings. The predicted octanol–water partition coefficient (Wildman–Crippen LogP) is 5.31. The molecule has 0 spiro atoms. The van der Waals surface area contributed by atoms with Crippen LogP contribution in [0.3, 0.4) is 0 Å². The average Bonchev–Trinajstić information content (AvgIpc) is 2.72. The molecule has 0 aromatic rings. The lowest BCUT2D eigenvalue weighted by Crippen LogP contribution is -2.38. The van der Waals surface area contributed by atoms with Crippen LogP contribution in [0, 0.1) is 18.3 Å². The smallest absolute Gasteiger partial charge is 0.301 e. The first-order chi connectivity index (χ1) is 13.3. The molecule has 1 unspecified atom stereocenters. The Labute approximate surface area is 166 Å². The van der Waals surface area contributed by atoms with Gasteiger partial charge in [-0.15, -0.1) is 12.3 Å². The van der Waals surface area contributed by atoms with E-state index in [1.54, 1.807) is 0 Å². The van der Waals surface area contributed by atoms with E-state index in [0.29, 0.717) is 24.7 Å². The van der Waals surface area contributed by atoms with E-state index in [0.717, 1.165) is 43.3 Å². The lowest BCUT2D eigenvalue weighted by atomic mass is 9.86. The van der Waals surface area contributed by atoms with Gasteiger partial charge in [0.15, 0.2) is 6.67 Å². The van der Waals surface area contributed by atoms with E-state index in [9.17, 15) is 18.0 Å². The molecule has 0 amide bonds. The number of nitrogens with one attached hydrogen (secondary N) is 1. The SMILES string of the molecule is C#CC1CCC(NC(C)CC=C(C)C2=CC(C(F)(F)CF)=C(C=O)CC2)CC1. The molecular weight excluding hydrogens is 363 g/mol. The first-order valence-corrected chi connectivity index (χ1v) is 10.0. The maximum absolute atomic E-state index is 13.9. The Kier molecular flexibility index (Phi) is 8.12. The molecule has 154 valence electrons. The largest absolute Gasteiger partial charge is 0.311 e. The summed E-state index contributed by atoms with van der Waals surface area (Å²) < 4.78 is 40.5. The number of halogens is 3. The second kappa shape index (κ2) is 10.1. The number of rotatable bonds is 8. The standard InChI is InChI=1S/C23H30F3NO/c1-4-18-7-11-21(12-8-18)27-17(3)6-5-16(2)19-9-10-20(14-28)22(13-19)23(25,26)15-24/h1,5,13-14,17-18,21,27H,6-12,15H2,2-3H3. The Balaban J connectivity index is 1.98. The highest BCUT2D eigenvalue weighted by Crippen LogP contribution is 2.36. The first kappa shape index (κ1) is 22.5. The summed E-state index contributed by atoms with van der Waals surface area (Å²) in [6.45, 7) is 2.20. The van der Waals surface area contributed by atoms with Crippen molar-refractivity contribution in [3.8, 4) is 12.3 Å². The molecule has 0 heterocycles. The summed E-state index contributed by atoms with van der Waals surface area (Å²) in [7, 11) is 0. The molecule has 0 aliphatic heterocycles. The van der Waals surface area contributed by atoms with Gasteiger partial charge in [0.25, 0.3) is 0 Å². The van der Waals surface area contributed by atoms with Crippen molar-refractivity contribution in [1.82, 2.24) is 5.32 Å². The Morgan fingerprint density at radius 3 is 2.61 bits per heavy atom. The van der Waals surface area contributed by atoms with Crippen LogP contribution in [0.25, 0.3) is 0 Å². The zero-order valence-corrected chi connectivity index (χ0v) is 16.7. The van der Waals surface area contributed by atoms with Crippen molar-refractivity contribution in [3.63, 3.8) is 0 Å². The van der Waals surface area contributed by atoms with Gasteiger partial charge in [0.1, 0.15) is 6.29 Å². The van der Waals surface area contributed by atoms with Gasteiger partial charge < -0.3 is 5.32 Å². The van der Waals surface area contributed by atoms with Gasteiger partial charge in [0.2, 0.25) is 0 Å². The van der Waals surface area contributed by atoms with E-state index in [-0.39, 0.29) is 18.0 Å². The summed E-state index contributed by atoms with van der Waals surface area (Å²) in [6, 6.07) is 0.731. The van der Waals surface area contributed by atoms with Crippen molar-refractivity contribution in [2.24, 2.45) is 5.92 Å². The topological polar surface area (TPSA) is 29.1 Å². The van der Waals surface area contributed by atoms with Gasteiger partial charge in [-0.1, -0.05) is 11.6 Å². The molecule has 2 aliphatic carbocycles. The zero-order chi connectivity index (χ0) is 20.7. The molecule has 1 N–H and O–H groups in total. The summed E-state index contributed by atoms with van der Waals surface area (Å²) in [5.41, 5.74) is 1.17. The van der Waals surface area contributed by atoms with Gasteiger partial charge in [-0.3, -0.25) is 4.79 Å². The predicted molar refractivity (Wildman–Crippen MR) is 107 cm³/mol. The Hall–Kier alpha value is -1.80. The maximum Gasteiger partial charge on any atom is 0.301 e. The fraction of sp³-hybridized carbons (Fsp3) is 0.609. The van der Waals surface area contributed by atoms with Gasteiger partial charge in [-0.05, 0) is 70.4 Å². The maximum atomic E-state index is 13.9. The van der Waals surface area contributed by atoms with Crippen molar-refractivity contribution in [1.29, 1.82) is 0 Å². The number of aldehydes is 1. The van der Waals surface area contributed by atoms with Crippen LogP contribution < -0.4 is 5.32 Å². The highest BCUT2D eigenvalue weighted by molar-refractivity contribution is 5.77. The van der Waals surface area contributed by atoms with E-state index in [1.807, 2.05) is 13.0 Å². The molecule has 1 saturated carbocycles. The van der Waals surface area contributed by atoms with E-state index in [2.05, 4.69) is 18.2 Å².